The predicted molar refractivity (Wildman–Crippen MR) is 99.3 cm³/mol. The van der Waals surface area contributed by atoms with Gasteiger partial charge in [-0.15, -0.1) is 0 Å². The fraction of sp³-hybridized carbons (Fsp3) is 0.286. The highest BCUT2D eigenvalue weighted by molar-refractivity contribution is 5.66. The number of rotatable bonds is 4. The van der Waals surface area contributed by atoms with Gasteiger partial charge in [0.05, 0.1) is 6.20 Å². The van der Waals surface area contributed by atoms with Gasteiger partial charge in [0.25, 0.3) is 0 Å². The number of H-pyrrole nitrogens is 1. The van der Waals surface area contributed by atoms with Crippen molar-refractivity contribution in [2.75, 3.05) is 13.1 Å². The number of nitrogens with one attached hydrogen (secondary N) is 1. The first kappa shape index (κ1) is 16.8. The summed E-state index contributed by atoms with van der Waals surface area (Å²) in [6, 6.07) is 14.3. The molecular weight excluding hydrogens is 329 g/mol. The SMILES string of the molecule is Oc1ccccc1CN1CCCC(c2[nH]ncc2-c2ccccc2F)C1. The van der Waals surface area contributed by atoms with Crippen LogP contribution in [-0.2, 0) is 6.54 Å². The lowest BCUT2D eigenvalue weighted by molar-refractivity contribution is 0.197. The van der Waals surface area contributed by atoms with Gasteiger partial charge in [-0.3, -0.25) is 10.00 Å². The molecule has 2 N–H and O–H groups in total. The highest BCUT2D eigenvalue weighted by Gasteiger charge is 2.26. The van der Waals surface area contributed by atoms with E-state index >= 15 is 0 Å². The standard InChI is InChI=1S/C21H22FN3O/c22-19-9-3-2-8-17(19)18-12-23-24-21(18)16-7-5-11-25(14-16)13-15-6-1-4-10-20(15)26/h1-4,6,8-10,12,16,26H,5,7,11,13-14H2,(H,23,24). The number of nitrogens with zero attached hydrogens (tertiary/aromatic N) is 2. The molecule has 0 spiro atoms. The van der Waals surface area contributed by atoms with Crippen LogP contribution in [-0.4, -0.2) is 33.3 Å². The van der Waals surface area contributed by atoms with E-state index in [-0.39, 0.29) is 11.7 Å². The number of likely N-dealkylation sites (tertiary alicyclic amines) is 1. The van der Waals surface area contributed by atoms with E-state index in [4.69, 9.17) is 0 Å². The summed E-state index contributed by atoms with van der Waals surface area (Å²) in [5.74, 6) is 0.381. The van der Waals surface area contributed by atoms with Gasteiger partial charge in [-0.25, -0.2) is 4.39 Å². The van der Waals surface area contributed by atoms with Crippen molar-refractivity contribution >= 4 is 0 Å². The zero-order valence-corrected chi connectivity index (χ0v) is 14.5. The van der Waals surface area contributed by atoms with E-state index in [1.807, 2.05) is 24.3 Å². The van der Waals surface area contributed by atoms with E-state index in [2.05, 4.69) is 15.1 Å². The lowest BCUT2D eigenvalue weighted by Crippen LogP contribution is -2.34. The minimum atomic E-state index is -0.225. The van der Waals surface area contributed by atoms with Crippen LogP contribution in [0.1, 0.15) is 30.0 Å². The Morgan fingerprint density at radius 3 is 2.77 bits per heavy atom. The van der Waals surface area contributed by atoms with E-state index < -0.39 is 0 Å². The average molecular weight is 351 g/mol. The number of halogens is 1. The molecule has 1 fully saturated rings. The maximum atomic E-state index is 14.2. The molecule has 0 saturated carbocycles. The minimum Gasteiger partial charge on any atom is -0.508 e. The molecule has 4 nitrogen and oxygen atoms in total. The molecule has 2 aromatic carbocycles. The monoisotopic (exact) mass is 351 g/mol. The fourth-order valence-electron chi connectivity index (χ4n) is 3.82. The zero-order chi connectivity index (χ0) is 17.9. The van der Waals surface area contributed by atoms with Crippen molar-refractivity contribution in [2.24, 2.45) is 0 Å². The van der Waals surface area contributed by atoms with Crippen molar-refractivity contribution in [3.8, 4) is 16.9 Å². The Morgan fingerprint density at radius 2 is 1.92 bits per heavy atom. The van der Waals surface area contributed by atoms with Gasteiger partial charge in [0.15, 0.2) is 0 Å². The third-order valence-corrected chi connectivity index (χ3v) is 5.13. The molecule has 2 heterocycles. The second kappa shape index (κ2) is 7.30. The number of piperidine rings is 1. The van der Waals surface area contributed by atoms with Gasteiger partial charge in [0.2, 0.25) is 0 Å². The Morgan fingerprint density at radius 1 is 1.12 bits per heavy atom. The first-order valence-corrected chi connectivity index (χ1v) is 9.00. The molecule has 26 heavy (non-hydrogen) atoms. The molecule has 5 heteroatoms. The number of phenols is 1. The second-order valence-electron chi connectivity index (χ2n) is 6.88. The number of para-hydroxylation sites is 1. The van der Waals surface area contributed by atoms with Crippen LogP contribution < -0.4 is 0 Å². The highest BCUT2D eigenvalue weighted by Crippen LogP contribution is 2.34. The normalized spacial score (nSPS) is 18.1. The van der Waals surface area contributed by atoms with Gasteiger partial charge < -0.3 is 5.11 Å². The topological polar surface area (TPSA) is 52.1 Å². The van der Waals surface area contributed by atoms with E-state index in [9.17, 15) is 9.50 Å². The molecule has 1 unspecified atom stereocenters. The number of aromatic hydroxyl groups is 1. The molecule has 3 aromatic rings. The summed E-state index contributed by atoms with van der Waals surface area (Å²) in [6.07, 6.45) is 3.82. The molecule has 0 radical (unpaired) electrons. The zero-order valence-electron chi connectivity index (χ0n) is 14.5. The summed E-state index contributed by atoms with van der Waals surface area (Å²) in [5, 5.41) is 17.3. The van der Waals surface area contributed by atoms with Crippen LogP contribution >= 0.6 is 0 Å². The highest BCUT2D eigenvalue weighted by atomic mass is 19.1. The first-order valence-electron chi connectivity index (χ1n) is 9.00. The Kier molecular flexibility index (Phi) is 4.71. The smallest absolute Gasteiger partial charge is 0.131 e. The number of aromatic amines is 1. The molecule has 1 saturated heterocycles. The van der Waals surface area contributed by atoms with E-state index in [0.717, 1.165) is 42.8 Å². The molecule has 1 atom stereocenters. The third kappa shape index (κ3) is 3.35. The molecule has 0 bridgehead atoms. The van der Waals surface area contributed by atoms with Crippen LogP contribution in [0.3, 0.4) is 0 Å². The van der Waals surface area contributed by atoms with Crippen molar-refractivity contribution < 1.29 is 9.50 Å². The van der Waals surface area contributed by atoms with Crippen molar-refractivity contribution in [2.45, 2.75) is 25.3 Å². The van der Waals surface area contributed by atoms with Gasteiger partial charge in [-0.1, -0.05) is 36.4 Å². The van der Waals surface area contributed by atoms with Crippen molar-refractivity contribution in [3.05, 3.63) is 71.8 Å². The van der Waals surface area contributed by atoms with Crippen molar-refractivity contribution in [3.63, 3.8) is 0 Å². The molecule has 0 aliphatic carbocycles. The van der Waals surface area contributed by atoms with Gasteiger partial charge in [-0.05, 0) is 31.5 Å². The van der Waals surface area contributed by atoms with Gasteiger partial charge in [0, 0.05) is 41.4 Å². The van der Waals surface area contributed by atoms with Crippen LogP contribution in [0.15, 0.2) is 54.7 Å². The quantitative estimate of drug-likeness (QED) is 0.737. The number of hydrogen-bond acceptors (Lipinski definition) is 3. The molecule has 0 amide bonds. The molecular formula is C21H22FN3O. The van der Waals surface area contributed by atoms with Crippen LogP contribution in [0.2, 0.25) is 0 Å². The summed E-state index contributed by atoms with van der Waals surface area (Å²) in [6.45, 7) is 2.57. The van der Waals surface area contributed by atoms with E-state index in [0.29, 0.717) is 17.9 Å². The lowest BCUT2D eigenvalue weighted by Gasteiger charge is -2.32. The average Bonchev–Trinajstić information content (AvgIpc) is 3.14. The fourth-order valence-corrected chi connectivity index (χ4v) is 3.82. The number of aromatic nitrogens is 2. The maximum Gasteiger partial charge on any atom is 0.131 e. The van der Waals surface area contributed by atoms with E-state index in [1.165, 1.54) is 6.07 Å². The van der Waals surface area contributed by atoms with Crippen molar-refractivity contribution in [1.82, 2.24) is 15.1 Å². The largest absolute Gasteiger partial charge is 0.508 e. The second-order valence-corrected chi connectivity index (χ2v) is 6.88. The Labute approximate surface area is 152 Å². The molecule has 1 aromatic heterocycles. The summed E-state index contributed by atoms with van der Waals surface area (Å²) in [5.41, 5.74) is 3.37. The minimum absolute atomic E-state index is 0.225. The number of benzene rings is 2. The summed E-state index contributed by atoms with van der Waals surface area (Å²) < 4.78 is 14.2. The van der Waals surface area contributed by atoms with Crippen LogP contribution in [0.5, 0.6) is 5.75 Å². The van der Waals surface area contributed by atoms with Gasteiger partial charge in [0.1, 0.15) is 11.6 Å². The van der Waals surface area contributed by atoms with E-state index in [1.54, 1.807) is 24.4 Å². The Hall–Kier alpha value is -2.66. The third-order valence-electron chi connectivity index (χ3n) is 5.13. The lowest BCUT2D eigenvalue weighted by atomic mass is 9.90. The van der Waals surface area contributed by atoms with Gasteiger partial charge >= 0.3 is 0 Å². The van der Waals surface area contributed by atoms with Crippen molar-refractivity contribution in [1.29, 1.82) is 0 Å². The van der Waals surface area contributed by atoms with Gasteiger partial charge in [-0.2, -0.15) is 5.10 Å². The molecule has 4 rings (SSSR count). The Bertz CT molecular complexity index is 892. The molecule has 1 aliphatic rings. The maximum absolute atomic E-state index is 14.2. The summed E-state index contributed by atoms with van der Waals surface area (Å²) in [4.78, 5) is 2.34. The van der Waals surface area contributed by atoms with Crippen LogP contribution in [0.25, 0.3) is 11.1 Å². The Balaban J connectivity index is 1.55. The van der Waals surface area contributed by atoms with Crippen LogP contribution in [0.4, 0.5) is 4.39 Å². The number of hydrogen-bond donors (Lipinski definition) is 2. The van der Waals surface area contributed by atoms with Crippen LogP contribution in [0, 0.1) is 5.82 Å². The first-order chi connectivity index (χ1) is 12.7. The summed E-state index contributed by atoms with van der Waals surface area (Å²) >= 11 is 0. The molecule has 1 aliphatic heterocycles. The predicted octanol–water partition coefficient (Wildman–Crippen LogP) is 4.30. The summed E-state index contributed by atoms with van der Waals surface area (Å²) in [7, 11) is 0. The molecule has 134 valence electrons. The number of phenolic OH excluding ortho intramolecular Hbond substituents is 1.